The second-order valence-corrected chi connectivity index (χ2v) is 5.01. The second-order valence-electron chi connectivity index (χ2n) is 4.09. The van der Waals surface area contributed by atoms with E-state index in [4.69, 9.17) is 4.74 Å². The smallest absolute Gasteiger partial charge is 0.277 e. The molecule has 0 unspecified atom stereocenters. The minimum atomic E-state index is -0.400. The quantitative estimate of drug-likeness (QED) is 0.665. The van der Waals surface area contributed by atoms with Crippen LogP contribution in [0.25, 0.3) is 0 Å². The van der Waals surface area contributed by atoms with Crippen LogP contribution in [-0.2, 0) is 4.79 Å². The summed E-state index contributed by atoms with van der Waals surface area (Å²) in [7, 11) is 0. The third kappa shape index (κ3) is 5.35. The monoisotopic (exact) mass is 350 g/mol. The van der Waals surface area contributed by atoms with Gasteiger partial charge in [-0.25, -0.2) is 9.82 Å². The Labute approximate surface area is 129 Å². The van der Waals surface area contributed by atoms with E-state index in [0.29, 0.717) is 11.3 Å². The lowest BCUT2D eigenvalue weighted by atomic mass is 10.2. The average Bonchev–Trinajstić information content (AvgIpc) is 2.45. The summed E-state index contributed by atoms with van der Waals surface area (Å²) < 4.78 is 19.1. The Morgan fingerprint density at radius 2 is 2.10 bits per heavy atom. The summed E-state index contributed by atoms with van der Waals surface area (Å²) in [6.45, 7) is -0.156. The number of hydrazone groups is 1. The molecule has 0 atom stereocenters. The number of halogens is 2. The highest BCUT2D eigenvalue weighted by Gasteiger charge is 2.01. The number of benzene rings is 2. The molecule has 0 spiro atoms. The summed E-state index contributed by atoms with van der Waals surface area (Å²) in [6.07, 6.45) is 1.36. The third-order valence-electron chi connectivity index (χ3n) is 2.42. The summed E-state index contributed by atoms with van der Waals surface area (Å²) >= 11 is 3.31. The van der Waals surface area contributed by atoms with Gasteiger partial charge >= 0.3 is 0 Å². The van der Waals surface area contributed by atoms with Crippen LogP contribution in [0, 0.1) is 5.82 Å². The molecular weight excluding hydrogens is 339 g/mol. The Morgan fingerprint density at radius 1 is 1.29 bits per heavy atom. The highest BCUT2D eigenvalue weighted by atomic mass is 79.9. The first-order chi connectivity index (χ1) is 10.1. The van der Waals surface area contributed by atoms with Gasteiger partial charge in [0, 0.05) is 4.47 Å². The van der Waals surface area contributed by atoms with Crippen molar-refractivity contribution in [3.63, 3.8) is 0 Å². The Balaban J connectivity index is 1.80. The Morgan fingerprint density at radius 3 is 2.86 bits per heavy atom. The van der Waals surface area contributed by atoms with Gasteiger partial charge in [0.1, 0.15) is 11.6 Å². The molecule has 1 amide bonds. The lowest BCUT2D eigenvalue weighted by Crippen LogP contribution is -2.24. The molecule has 0 aliphatic heterocycles. The second kappa shape index (κ2) is 7.54. The van der Waals surface area contributed by atoms with Gasteiger partial charge in [-0.2, -0.15) is 5.10 Å². The number of ether oxygens (including phenoxy) is 1. The van der Waals surface area contributed by atoms with E-state index in [0.717, 1.165) is 4.47 Å². The molecule has 0 aliphatic rings. The molecule has 2 aromatic carbocycles. The van der Waals surface area contributed by atoms with Gasteiger partial charge < -0.3 is 4.74 Å². The molecule has 0 heterocycles. The maximum atomic E-state index is 12.9. The van der Waals surface area contributed by atoms with Crippen LogP contribution < -0.4 is 10.2 Å². The Kier molecular flexibility index (Phi) is 5.45. The Bertz CT molecular complexity index is 662. The molecule has 2 aromatic rings. The van der Waals surface area contributed by atoms with Gasteiger partial charge in [-0.15, -0.1) is 0 Å². The fourth-order valence-corrected chi connectivity index (χ4v) is 1.88. The molecule has 1 N–H and O–H groups in total. The topological polar surface area (TPSA) is 50.7 Å². The van der Waals surface area contributed by atoms with Crippen molar-refractivity contribution < 1.29 is 13.9 Å². The SMILES string of the molecule is O=C(COc1cccc(Br)c1)N/N=C/c1cccc(F)c1. The summed E-state index contributed by atoms with van der Waals surface area (Å²) in [5, 5.41) is 3.73. The number of carbonyl (C=O) groups is 1. The minimum absolute atomic E-state index is 0.156. The van der Waals surface area contributed by atoms with Gasteiger partial charge in [0.25, 0.3) is 5.91 Å². The molecule has 21 heavy (non-hydrogen) atoms. The van der Waals surface area contributed by atoms with E-state index in [1.807, 2.05) is 6.07 Å². The molecule has 0 aliphatic carbocycles. The van der Waals surface area contributed by atoms with Crippen molar-refractivity contribution in [2.75, 3.05) is 6.61 Å². The molecule has 0 radical (unpaired) electrons. The van der Waals surface area contributed by atoms with Crippen molar-refractivity contribution in [1.29, 1.82) is 0 Å². The summed E-state index contributed by atoms with van der Waals surface area (Å²) in [4.78, 5) is 11.5. The molecule has 2 rings (SSSR count). The molecule has 0 aromatic heterocycles. The van der Waals surface area contributed by atoms with Gasteiger partial charge in [0.05, 0.1) is 6.21 Å². The van der Waals surface area contributed by atoms with Crippen LogP contribution in [0.5, 0.6) is 5.75 Å². The average molecular weight is 351 g/mol. The van der Waals surface area contributed by atoms with Crippen molar-refractivity contribution in [2.24, 2.45) is 5.10 Å². The molecule has 0 fully saturated rings. The number of hydrogen-bond donors (Lipinski definition) is 1. The van der Waals surface area contributed by atoms with Crippen LogP contribution in [0.3, 0.4) is 0 Å². The van der Waals surface area contributed by atoms with E-state index >= 15 is 0 Å². The van der Waals surface area contributed by atoms with E-state index in [9.17, 15) is 9.18 Å². The molecule has 4 nitrogen and oxygen atoms in total. The van der Waals surface area contributed by atoms with Crippen LogP contribution in [0.4, 0.5) is 4.39 Å². The zero-order valence-corrected chi connectivity index (χ0v) is 12.5. The van der Waals surface area contributed by atoms with Crippen LogP contribution in [0.1, 0.15) is 5.56 Å². The molecule has 108 valence electrons. The zero-order chi connectivity index (χ0) is 15.1. The van der Waals surface area contributed by atoms with Gasteiger partial charge in [-0.3, -0.25) is 4.79 Å². The molecule has 0 saturated carbocycles. The largest absolute Gasteiger partial charge is 0.484 e. The fraction of sp³-hybridized carbons (Fsp3) is 0.0667. The fourth-order valence-electron chi connectivity index (χ4n) is 1.50. The maximum absolute atomic E-state index is 12.9. The highest BCUT2D eigenvalue weighted by molar-refractivity contribution is 9.10. The van der Waals surface area contributed by atoms with Crippen molar-refractivity contribution in [1.82, 2.24) is 5.43 Å². The normalized spacial score (nSPS) is 10.6. The van der Waals surface area contributed by atoms with Crippen molar-refractivity contribution in [2.45, 2.75) is 0 Å². The van der Waals surface area contributed by atoms with Crippen molar-refractivity contribution in [3.05, 3.63) is 64.4 Å². The molecular formula is C15H12BrFN2O2. The number of carbonyl (C=O) groups excluding carboxylic acids is 1. The predicted molar refractivity (Wildman–Crippen MR) is 81.8 cm³/mol. The molecule has 6 heteroatoms. The van der Waals surface area contributed by atoms with Crippen LogP contribution in [-0.4, -0.2) is 18.7 Å². The van der Waals surface area contributed by atoms with Crippen LogP contribution >= 0.6 is 15.9 Å². The van der Waals surface area contributed by atoms with Crippen LogP contribution in [0.2, 0.25) is 0 Å². The van der Waals surface area contributed by atoms with Crippen molar-refractivity contribution in [3.8, 4) is 5.75 Å². The lowest BCUT2D eigenvalue weighted by molar-refractivity contribution is -0.123. The van der Waals surface area contributed by atoms with Gasteiger partial charge in [0.2, 0.25) is 0 Å². The zero-order valence-electron chi connectivity index (χ0n) is 10.9. The summed E-state index contributed by atoms with van der Waals surface area (Å²) in [6, 6.07) is 13.0. The lowest BCUT2D eigenvalue weighted by Gasteiger charge is -2.05. The standard InChI is InChI=1S/C15H12BrFN2O2/c16-12-4-2-6-14(8-12)21-10-15(20)19-18-9-11-3-1-5-13(17)7-11/h1-9H,10H2,(H,19,20)/b18-9+. The molecule has 0 bridgehead atoms. The number of hydrogen-bond acceptors (Lipinski definition) is 3. The first kappa shape index (κ1) is 15.2. The first-order valence-electron chi connectivity index (χ1n) is 6.09. The van der Waals surface area contributed by atoms with E-state index in [-0.39, 0.29) is 12.4 Å². The summed E-state index contributed by atoms with van der Waals surface area (Å²) in [5.74, 6) is -0.181. The Hall–Kier alpha value is -2.21. The first-order valence-corrected chi connectivity index (χ1v) is 6.88. The van der Waals surface area contributed by atoms with Gasteiger partial charge in [-0.1, -0.05) is 34.1 Å². The molecule has 0 saturated heterocycles. The van der Waals surface area contributed by atoms with Gasteiger partial charge in [-0.05, 0) is 35.9 Å². The van der Waals surface area contributed by atoms with Gasteiger partial charge in [0.15, 0.2) is 6.61 Å². The van der Waals surface area contributed by atoms with Crippen molar-refractivity contribution >= 4 is 28.1 Å². The minimum Gasteiger partial charge on any atom is -0.484 e. The number of amides is 1. The summed E-state index contributed by atoms with van der Waals surface area (Å²) in [5.41, 5.74) is 2.87. The van der Waals surface area contributed by atoms with E-state index in [1.54, 1.807) is 30.3 Å². The third-order valence-corrected chi connectivity index (χ3v) is 2.91. The number of rotatable bonds is 5. The number of nitrogens with zero attached hydrogens (tertiary/aromatic N) is 1. The van der Waals surface area contributed by atoms with E-state index in [2.05, 4.69) is 26.5 Å². The number of nitrogens with one attached hydrogen (secondary N) is 1. The maximum Gasteiger partial charge on any atom is 0.277 e. The van der Waals surface area contributed by atoms with E-state index in [1.165, 1.54) is 18.3 Å². The van der Waals surface area contributed by atoms with Crippen LogP contribution in [0.15, 0.2) is 58.1 Å². The van der Waals surface area contributed by atoms with E-state index < -0.39 is 5.91 Å². The predicted octanol–water partition coefficient (Wildman–Crippen LogP) is 3.12. The highest BCUT2D eigenvalue weighted by Crippen LogP contribution is 2.17.